The standard InChI is InChI=1S/C16H20N2O2S/c1-11(2)18(10-13-5-4-8-21-13)16(19)12-6-7-15(20-3)14(17)9-12/h4-9,11H,10,17H2,1-3H3. The summed E-state index contributed by atoms with van der Waals surface area (Å²) in [6, 6.07) is 9.30. The average molecular weight is 304 g/mol. The lowest BCUT2D eigenvalue weighted by Crippen LogP contribution is -2.36. The van der Waals surface area contributed by atoms with E-state index >= 15 is 0 Å². The minimum absolute atomic E-state index is 0.0206. The SMILES string of the molecule is COc1ccc(C(=O)N(Cc2cccs2)C(C)C)cc1N. The number of hydrogen-bond acceptors (Lipinski definition) is 4. The number of rotatable bonds is 5. The first-order valence-corrected chi connectivity index (χ1v) is 7.67. The van der Waals surface area contributed by atoms with Crippen molar-refractivity contribution in [1.29, 1.82) is 0 Å². The molecule has 1 amide bonds. The summed E-state index contributed by atoms with van der Waals surface area (Å²) in [5.41, 5.74) is 6.95. The van der Waals surface area contributed by atoms with Crippen LogP contribution < -0.4 is 10.5 Å². The first-order chi connectivity index (χ1) is 10.0. The summed E-state index contributed by atoms with van der Waals surface area (Å²) in [5, 5.41) is 2.02. The lowest BCUT2D eigenvalue weighted by molar-refractivity contribution is 0.0692. The fraction of sp³-hybridized carbons (Fsp3) is 0.312. The van der Waals surface area contributed by atoms with Crippen LogP contribution >= 0.6 is 11.3 Å². The Morgan fingerprint density at radius 3 is 2.67 bits per heavy atom. The Hall–Kier alpha value is -2.01. The van der Waals surface area contributed by atoms with Crippen LogP contribution in [-0.4, -0.2) is 24.0 Å². The van der Waals surface area contributed by atoms with Crippen LogP contribution in [0.1, 0.15) is 29.1 Å². The number of nitrogens with two attached hydrogens (primary N) is 1. The van der Waals surface area contributed by atoms with Crippen molar-refractivity contribution in [2.24, 2.45) is 0 Å². The highest BCUT2D eigenvalue weighted by Crippen LogP contribution is 2.24. The molecule has 0 spiro atoms. The second kappa shape index (κ2) is 6.63. The number of thiophene rings is 1. The zero-order chi connectivity index (χ0) is 15.4. The number of carbonyl (C=O) groups excluding carboxylic acids is 1. The summed E-state index contributed by atoms with van der Waals surface area (Å²) in [5.74, 6) is 0.564. The molecule has 0 saturated heterocycles. The molecule has 0 radical (unpaired) electrons. The van der Waals surface area contributed by atoms with Gasteiger partial charge in [-0.3, -0.25) is 4.79 Å². The van der Waals surface area contributed by atoms with Gasteiger partial charge in [-0.2, -0.15) is 0 Å². The summed E-state index contributed by atoms with van der Waals surface area (Å²) in [4.78, 5) is 15.7. The first kappa shape index (κ1) is 15.4. The third kappa shape index (κ3) is 3.55. The number of anilines is 1. The van der Waals surface area contributed by atoms with Crippen molar-refractivity contribution in [3.05, 3.63) is 46.2 Å². The van der Waals surface area contributed by atoms with Crippen LogP contribution in [0, 0.1) is 0 Å². The lowest BCUT2D eigenvalue weighted by atomic mass is 10.1. The molecule has 2 N–H and O–H groups in total. The molecule has 0 saturated carbocycles. The van der Waals surface area contributed by atoms with E-state index < -0.39 is 0 Å². The second-order valence-corrected chi connectivity index (χ2v) is 6.10. The van der Waals surface area contributed by atoms with Crippen LogP contribution in [0.15, 0.2) is 35.7 Å². The van der Waals surface area contributed by atoms with E-state index in [9.17, 15) is 4.79 Å². The molecule has 4 nitrogen and oxygen atoms in total. The van der Waals surface area contributed by atoms with Gasteiger partial charge in [-0.05, 0) is 43.5 Å². The van der Waals surface area contributed by atoms with E-state index in [0.717, 1.165) is 0 Å². The van der Waals surface area contributed by atoms with Gasteiger partial charge in [0.25, 0.3) is 5.91 Å². The van der Waals surface area contributed by atoms with Crippen molar-refractivity contribution in [2.45, 2.75) is 26.4 Å². The van der Waals surface area contributed by atoms with Crippen molar-refractivity contribution in [3.8, 4) is 5.75 Å². The van der Waals surface area contributed by atoms with Gasteiger partial charge in [-0.25, -0.2) is 0 Å². The Morgan fingerprint density at radius 2 is 2.14 bits per heavy atom. The number of carbonyl (C=O) groups is 1. The number of nitrogens with zero attached hydrogens (tertiary/aromatic N) is 1. The number of hydrogen-bond donors (Lipinski definition) is 1. The smallest absolute Gasteiger partial charge is 0.254 e. The Bertz CT molecular complexity index is 609. The number of ether oxygens (including phenoxy) is 1. The predicted molar refractivity (Wildman–Crippen MR) is 86.7 cm³/mol. The molecule has 0 atom stereocenters. The summed E-state index contributed by atoms with van der Waals surface area (Å²) < 4.78 is 5.12. The van der Waals surface area contributed by atoms with Gasteiger partial charge < -0.3 is 15.4 Å². The summed E-state index contributed by atoms with van der Waals surface area (Å²) in [6.45, 7) is 4.64. The summed E-state index contributed by atoms with van der Waals surface area (Å²) >= 11 is 1.65. The topological polar surface area (TPSA) is 55.6 Å². The Labute approximate surface area is 129 Å². The molecule has 1 heterocycles. The minimum Gasteiger partial charge on any atom is -0.495 e. The fourth-order valence-electron chi connectivity index (χ4n) is 2.09. The second-order valence-electron chi connectivity index (χ2n) is 5.06. The van der Waals surface area contributed by atoms with Crippen molar-refractivity contribution >= 4 is 22.9 Å². The van der Waals surface area contributed by atoms with Crippen LogP contribution in [0.2, 0.25) is 0 Å². The van der Waals surface area contributed by atoms with Crippen LogP contribution in [-0.2, 0) is 6.54 Å². The molecule has 0 aliphatic carbocycles. The van der Waals surface area contributed by atoms with E-state index in [1.165, 1.54) is 4.88 Å². The molecular weight excluding hydrogens is 284 g/mol. The minimum atomic E-state index is -0.0206. The molecule has 0 bridgehead atoms. The van der Waals surface area contributed by atoms with Gasteiger partial charge in [-0.15, -0.1) is 11.3 Å². The van der Waals surface area contributed by atoms with Crippen LogP contribution in [0.4, 0.5) is 5.69 Å². The molecule has 2 rings (SSSR count). The molecule has 0 aliphatic heterocycles. The van der Waals surface area contributed by atoms with Gasteiger partial charge in [0, 0.05) is 16.5 Å². The molecule has 1 aromatic heterocycles. The fourth-order valence-corrected chi connectivity index (χ4v) is 2.80. The van der Waals surface area contributed by atoms with E-state index in [-0.39, 0.29) is 11.9 Å². The highest BCUT2D eigenvalue weighted by Gasteiger charge is 2.20. The van der Waals surface area contributed by atoms with Gasteiger partial charge in [0.05, 0.1) is 19.3 Å². The molecule has 1 aromatic carbocycles. The maximum absolute atomic E-state index is 12.7. The predicted octanol–water partition coefficient (Wildman–Crippen LogP) is 3.39. The third-order valence-corrected chi connectivity index (χ3v) is 4.13. The molecule has 2 aromatic rings. The van der Waals surface area contributed by atoms with Crippen molar-refractivity contribution in [2.75, 3.05) is 12.8 Å². The van der Waals surface area contributed by atoms with Crippen molar-refractivity contribution in [3.63, 3.8) is 0 Å². The van der Waals surface area contributed by atoms with Gasteiger partial charge in [0.1, 0.15) is 5.75 Å². The number of methoxy groups -OCH3 is 1. The van der Waals surface area contributed by atoms with Crippen LogP contribution in [0.25, 0.3) is 0 Å². The summed E-state index contributed by atoms with van der Waals surface area (Å²) in [6.07, 6.45) is 0. The maximum atomic E-state index is 12.7. The Balaban J connectivity index is 2.24. The van der Waals surface area contributed by atoms with Gasteiger partial charge >= 0.3 is 0 Å². The molecule has 0 aliphatic rings. The van der Waals surface area contributed by atoms with Gasteiger partial charge in [-0.1, -0.05) is 6.07 Å². The molecule has 5 heteroatoms. The zero-order valence-corrected chi connectivity index (χ0v) is 13.3. The molecular formula is C16H20N2O2S. The quantitative estimate of drug-likeness (QED) is 0.861. The Morgan fingerprint density at radius 1 is 1.38 bits per heavy atom. The van der Waals surface area contributed by atoms with E-state index in [4.69, 9.17) is 10.5 Å². The highest BCUT2D eigenvalue weighted by molar-refractivity contribution is 7.09. The first-order valence-electron chi connectivity index (χ1n) is 6.79. The zero-order valence-electron chi connectivity index (χ0n) is 12.5. The molecule has 0 unspecified atom stereocenters. The van der Waals surface area contributed by atoms with E-state index in [0.29, 0.717) is 23.5 Å². The van der Waals surface area contributed by atoms with E-state index in [2.05, 4.69) is 0 Å². The Kier molecular flexibility index (Phi) is 4.85. The summed E-state index contributed by atoms with van der Waals surface area (Å²) in [7, 11) is 1.56. The largest absolute Gasteiger partial charge is 0.495 e. The van der Waals surface area contributed by atoms with E-state index in [1.54, 1.807) is 36.6 Å². The van der Waals surface area contributed by atoms with Crippen LogP contribution in [0.5, 0.6) is 5.75 Å². The molecule has 112 valence electrons. The number of nitrogen functional groups attached to an aromatic ring is 1. The molecule has 21 heavy (non-hydrogen) atoms. The van der Waals surface area contributed by atoms with Gasteiger partial charge in [0.15, 0.2) is 0 Å². The maximum Gasteiger partial charge on any atom is 0.254 e. The van der Waals surface area contributed by atoms with Crippen LogP contribution in [0.3, 0.4) is 0 Å². The molecule has 0 fully saturated rings. The van der Waals surface area contributed by atoms with Gasteiger partial charge in [0.2, 0.25) is 0 Å². The van der Waals surface area contributed by atoms with Crippen molar-refractivity contribution < 1.29 is 9.53 Å². The van der Waals surface area contributed by atoms with Crippen molar-refractivity contribution in [1.82, 2.24) is 4.90 Å². The normalized spacial score (nSPS) is 10.7. The number of benzene rings is 1. The highest BCUT2D eigenvalue weighted by atomic mass is 32.1. The number of amides is 1. The lowest BCUT2D eigenvalue weighted by Gasteiger charge is -2.26. The average Bonchev–Trinajstić information content (AvgIpc) is 2.96. The third-order valence-electron chi connectivity index (χ3n) is 3.27. The van der Waals surface area contributed by atoms with E-state index in [1.807, 2.05) is 36.3 Å². The monoisotopic (exact) mass is 304 g/mol.